The number of aryl methyl sites for hydroxylation is 1. The van der Waals surface area contributed by atoms with E-state index >= 15 is 0 Å². The number of benzene rings is 1. The number of thiocarbonyl (C=S) groups is 1. The minimum atomic E-state index is -3.27. The summed E-state index contributed by atoms with van der Waals surface area (Å²) in [6.07, 6.45) is 2.19. The summed E-state index contributed by atoms with van der Waals surface area (Å²) in [4.78, 5) is 0.223. The molecule has 0 saturated heterocycles. The fraction of sp³-hybridized carbons (Fsp3) is 0.562. The van der Waals surface area contributed by atoms with E-state index in [0.29, 0.717) is 6.61 Å². The number of ether oxygens (including phenoxy) is 1. The fourth-order valence-electron chi connectivity index (χ4n) is 3.27. The molecular weight excluding hydrogens is 318 g/mol. The van der Waals surface area contributed by atoms with Gasteiger partial charge in [-0.05, 0) is 24.5 Å². The lowest BCUT2D eigenvalue weighted by atomic mass is 9.98. The quantitative estimate of drug-likeness (QED) is 0.769. The second kappa shape index (κ2) is 6.26. The van der Waals surface area contributed by atoms with Crippen molar-refractivity contribution in [3.8, 4) is 0 Å². The molecule has 0 bridgehead atoms. The van der Waals surface area contributed by atoms with Gasteiger partial charge in [0.2, 0.25) is 0 Å². The summed E-state index contributed by atoms with van der Waals surface area (Å²) in [6, 6.07) is 8.01. The largest absolute Gasteiger partial charge is 0.393 e. The molecule has 1 fully saturated rings. The normalized spacial score (nSPS) is 27.6. The van der Waals surface area contributed by atoms with E-state index < -0.39 is 20.5 Å². The van der Waals surface area contributed by atoms with E-state index in [2.05, 4.69) is 6.92 Å². The molecule has 1 aromatic carbocycles. The maximum absolute atomic E-state index is 12.2. The Kier molecular flexibility index (Phi) is 4.94. The van der Waals surface area contributed by atoms with Crippen LogP contribution in [0.3, 0.4) is 0 Å². The molecule has 1 aliphatic carbocycles. The lowest BCUT2D eigenvalue weighted by molar-refractivity contribution is 0.121. The highest BCUT2D eigenvalue weighted by molar-refractivity contribution is 7.92. The van der Waals surface area contributed by atoms with Crippen LogP contribution in [0.4, 0.5) is 0 Å². The van der Waals surface area contributed by atoms with Gasteiger partial charge in [-0.25, -0.2) is 8.42 Å². The van der Waals surface area contributed by atoms with Crippen LogP contribution in [0.15, 0.2) is 24.3 Å². The van der Waals surface area contributed by atoms with Crippen molar-refractivity contribution in [2.75, 3.05) is 19.5 Å². The molecule has 1 aromatic rings. The summed E-state index contributed by atoms with van der Waals surface area (Å²) in [5.41, 5.74) is 7.32. The first-order valence-corrected chi connectivity index (χ1v) is 9.80. The highest BCUT2D eigenvalue weighted by Gasteiger charge is 2.71. The number of rotatable bonds is 7. The number of nitrogens with two attached hydrogens (primary N) is 1. The lowest BCUT2D eigenvalue weighted by Crippen LogP contribution is -2.33. The van der Waals surface area contributed by atoms with Crippen molar-refractivity contribution in [2.24, 2.45) is 11.1 Å². The van der Waals surface area contributed by atoms with E-state index in [1.807, 2.05) is 31.2 Å². The van der Waals surface area contributed by atoms with Gasteiger partial charge in [0.25, 0.3) is 0 Å². The summed E-state index contributed by atoms with van der Waals surface area (Å²) < 4.78 is 29.9. The maximum atomic E-state index is 12.2. The minimum absolute atomic E-state index is 0.223. The van der Waals surface area contributed by atoms with Crippen LogP contribution in [-0.2, 0) is 21.0 Å². The monoisotopic (exact) mass is 341 g/mol. The topological polar surface area (TPSA) is 69.4 Å². The molecule has 0 spiro atoms. The van der Waals surface area contributed by atoms with Crippen LogP contribution in [-0.4, -0.2) is 38.1 Å². The van der Waals surface area contributed by atoms with Crippen molar-refractivity contribution in [3.63, 3.8) is 0 Å². The first-order valence-electron chi connectivity index (χ1n) is 7.44. The summed E-state index contributed by atoms with van der Waals surface area (Å²) in [5, 5.41) is -0.600. The van der Waals surface area contributed by atoms with Crippen LogP contribution in [0.2, 0.25) is 0 Å². The van der Waals surface area contributed by atoms with Crippen molar-refractivity contribution >= 4 is 27.0 Å². The second-order valence-electron chi connectivity index (χ2n) is 5.86. The molecule has 6 heteroatoms. The van der Waals surface area contributed by atoms with Crippen LogP contribution >= 0.6 is 12.2 Å². The Morgan fingerprint density at radius 1 is 1.32 bits per heavy atom. The molecule has 122 valence electrons. The molecule has 0 heterocycles. The van der Waals surface area contributed by atoms with Crippen LogP contribution in [0.5, 0.6) is 0 Å². The summed E-state index contributed by atoms with van der Waals surface area (Å²) in [7, 11) is -3.27. The molecule has 3 atom stereocenters. The SMILES string of the molecule is CCOC[C@]1(C(N)=S)[C@@H](c2ccc(CC)cc2)[C@@H]1S(C)(=O)=O. The van der Waals surface area contributed by atoms with Crippen LogP contribution in [0.25, 0.3) is 0 Å². The van der Waals surface area contributed by atoms with Gasteiger partial charge in [-0.2, -0.15) is 0 Å². The molecule has 4 nitrogen and oxygen atoms in total. The Morgan fingerprint density at radius 3 is 2.32 bits per heavy atom. The van der Waals surface area contributed by atoms with Crippen LogP contribution in [0, 0.1) is 5.41 Å². The molecule has 1 aliphatic rings. The Morgan fingerprint density at radius 2 is 1.91 bits per heavy atom. The van der Waals surface area contributed by atoms with Gasteiger partial charge in [-0.3, -0.25) is 0 Å². The Bertz CT molecular complexity index is 654. The third kappa shape index (κ3) is 2.92. The zero-order chi connectivity index (χ0) is 16.5. The van der Waals surface area contributed by atoms with E-state index in [-0.39, 0.29) is 17.5 Å². The van der Waals surface area contributed by atoms with Gasteiger partial charge in [0.05, 0.1) is 22.3 Å². The number of sulfone groups is 1. The molecule has 22 heavy (non-hydrogen) atoms. The smallest absolute Gasteiger partial charge is 0.152 e. The Labute approximate surface area is 138 Å². The standard InChI is InChI=1S/C16H23NO3S2/c1-4-11-6-8-12(9-7-11)13-14(22(3,18)19)16(13,15(17)21)10-20-5-2/h6-9,13-14H,4-5,10H2,1-3H3,(H2,17,21)/t13-,14-,16-/m0/s1. The fourth-order valence-corrected chi connectivity index (χ4v) is 5.58. The summed E-state index contributed by atoms with van der Waals surface area (Å²) in [5.74, 6) is -0.225. The third-order valence-corrected chi connectivity index (χ3v) is 6.46. The van der Waals surface area contributed by atoms with Crippen molar-refractivity contribution in [2.45, 2.75) is 31.4 Å². The first kappa shape index (κ1) is 17.4. The molecular formula is C16H23NO3S2. The molecule has 2 rings (SSSR count). The molecule has 0 aromatic heterocycles. The zero-order valence-corrected chi connectivity index (χ0v) is 14.8. The van der Waals surface area contributed by atoms with Crippen molar-refractivity contribution in [3.05, 3.63) is 35.4 Å². The zero-order valence-electron chi connectivity index (χ0n) is 13.2. The van der Waals surface area contributed by atoms with Gasteiger partial charge in [0.15, 0.2) is 9.84 Å². The Balaban J connectivity index is 2.43. The minimum Gasteiger partial charge on any atom is -0.393 e. The first-order chi connectivity index (χ1) is 10.3. The highest BCUT2D eigenvalue weighted by Crippen LogP contribution is 2.63. The second-order valence-corrected chi connectivity index (χ2v) is 8.47. The number of hydrogen-bond acceptors (Lipinski definition) is 4. The van der Waals surface area contributed by atoms with E-state index in [0.717, 1.165) is 12.0 Å². The van der Waals surface area contributed by atoms with Crippen molar-refractivity contribution < 1.29 is 13.2 Å². The van der Waals surface area contributed by atoms with Gasteiger partial charge in [-0.1, -0.05) is 43.4 Å². The molecule has 0 unspecified atom stereocenters. The average molecular weight is 341 g/mol. The predicted octanol–water partition coefficient (Wildman–Crippen LogP) is 2.07. The molecule has 1 saturated carbocycles. The summed E-state index contributed by atoms with van der Waals surface area (Å²) in [6.45, 7) is 4.70. The summed E-state index contributed by atoms with van der Waals surface area (Å²) >= 11 is 5.21. The van der Waals surface area contributed by atoms with E-state index in [1.165, 1.54) is 11.8 Å². The Hall–Kier alpha value is -0.980. The van der Waals surface area contributed by atoms with E-state index in [4.69, 9.17) is 22.7 Å². The van der Waals surface area contributed by atoms with Gasteiger partial charge in [0, 0.05) is 18.8 Å². The van der Waals surface area contributed by atoms with Gasteiger partial charge >= 0.3 is 0 Å². The highest BCUT2D eigenvalue weighted by atomic mass is 32.2. The van der Waals surface area contributed by atoms with Crippen molar-refractivity contribution in [1.82, 2.24) is 0 Å². The van der Waals surface area contributed by atoms with E-state index in [9.17, 15) is 8.42 Å². The third-order valence-electron chi connectivity index (χ3n) is 4.47. The molecule has 0 aliphatic heterocycles. The molecule has 2 N–H and O–H groups in total. The average Bonchev–Trinajstić information content (AvgIpc) is 3.16. The van der Waals surface area contributed by atoms with Crippen LogP contribution < -0.4 is 5.73 Å². The molecule has 0 amide bonds. The molecule has 0 radical (unpaired) electrons. The van der Waals surface area contributed by atoms with Gasteiger partial charge < -0.3 is 10.5 Å². The van der Waals surface area contributed by atoms with Crippen molar-refractivity contribution in [1.29, 1.82) is 0 Å². The maximum Gasteiger partial charge on any atom is 0.152 e. The number of hydrogen-bond donors (Lipinski definition) is 1. The lowest BCUT2D eigenvalue weighted by Gasteiger charge is -2.16. The van der Waals surface area contributed by atoms with Gasteiger partial charge in [0.1, 0.15) is 0 Å². The predicted molar refractivity (Wildman–Crippen MR) is 92.9 cm³/mol. The van der Waals surface area contributed by atoms with Crippen LogP contribution in [0.1, 0.15) is 30.9 Å². The van der Waals surface area contributed by atoms with E-state index in [1.54, 1.807) is 0 Å². The van der Waals surface area contributed by atoms with Gasteiger partial charge in [-0.15, -0.1) is 0 Å².